The molecule has 0 rings (SSSR count). The Kier molecular flexibility index (Phi) is 4.36. The molecule has 0 aromatic rings. The molecule has 0 saturated carbocycles. The van der Waals surface area contributed by atoms with Crippen molar-refractivity contribution in [1.82, 2.24) is 0 Å². The summed E-state index contributed by atoms with van der Waals surface area (Å²) in [7, 11) is 0. The lowest BCUT2D eigenvalue weighted by molar-refractivity contribution is -0.129. The number of aliphatic imine (C=N–C) groups is 1. The molecule has 0 unspecified atom stereocenters. The molecule has 5 heteroatoms. The molecule has 0 atom stereocenters. The van der Waals surface area contributed by atoms with Gasteiger partial charge in [0.2, 0.25) is 0 Å². The number of rotatable bonds is 3. The summed E-state index contributed by atoms with van der Waals surface area (Å²) in [5.74, 6) is -1.23. The van der Waals surface area contributed by atoms with Crippen molar-refractivity contribution in [3.8, 4) is 0 Å². The number of allylic oxidation sites excluding steroid dienone is 1. The topological polar surface area (TPSA) is 82.2 Å². The number of carboxylic acids is 1. The first-order valence-corrected chi connectivity index (χ1v) is 3.20. The van der Waals surface area contributed by atoms with Gasteiger partial charge in [-0.1, -0.05) is 10.7 Å². The summed E-state index contributed by atoms with van der Waals surface area (Å²) in [6, 6.07) is 0. The highest BCUT2D eigenvalue weighted by atomic mass is 16.4. The summed E-state index contributed by atoms with van der Waals surface area (Å²) in [6.07, 6.45) is 2.15. The molecule has 12 heavy (non-hydrogen) atoms. The van der Waals surface area contributed by atoms with Gasteiger partial charge in [-0.15, -0.1) is 0 Å². The molecule has 2 N–H and O–H groups in total. The first-order chi connectivity index (χ1) is 5.57. The highest BCUT2D eigenvalue weighted by molar-refractivity contribution is 6.58. The quantitative estimate of drug-likeness (QED) is 0.375. The molecular formula is C7H10N2O3. The fraction of sp³-hybridized carbons (Fsp3) is 0.286. The predicted octanol–water partition coefficient (Wildman–Crippen LogP) is 0.896. The number of carbonyl (C=O) groups is 1. The van der Waals surface area contributed by atoms with Crippen molar-refractivity contribution in [2.24, 2.45) is 10.1 Å². The Hall–Kier alpha value is -1.65. The highest BCUT2D eigenvalue weighted by Crippen LogP contribution is 1.89. The molecule has 66 valence electrons. The molecule has 0 aliphatic carbocycles. The molecular weight excluding hydrogens is 160 g/mol. The number of nitrogens with zero attached hydrogens (tertiary/aromatic N) is 2. The highest BCUT2D eigenvalue weighted by Gasteiger charge is 2.04. The maximum absolute atomic E-state index is 10.3. The molecule has 0 fully saturated rings. The van der Waals surface area contributed by atoms with Gasteiger partial charge in [-0.05, 0) is 13.8 Å². The Labute approximate surface area is 69.7 Å². The molecule has 0 saturated heterocycles. The summed E-state index contributed by atoms with van der Waals surface area (Å²) in [4.78, 5) is 13.9. The Morgan fingerprint density at radius 1 is 1.42 bits per heavy atom. The van der Waals surface area contributed by atoms with Crippen LogP contribution in [0.5, 0.6) is 0 Å². The fourth-order valence-electron chi connectivity index (χ4n) is 0.397. The minimum absolute atomic E-state index is 0.307. The van der Waals surface area contributed by atoms with E-state index in [0.717, 1.165) is 11.8 Å². The van der Waals surface area contributed by atoms with Gasteiger partial charge in [-0.3, -0.25) is 0 Å². The Morgan fingerprint density at radius 3 is 2.33 bits per heavy atom. The van der Waals surface area contributed by atoms with Gasteiger partial charge in [0.15, 0.2) is 5.71 Å². The van der Waals surface area contributed by atoms with E-state index in [2.05, 4.69) is 10.1 Å². The number of hydrogen-bond donors (Lipinski definition) is 2. The van der Waals surface area contributed by atoms with E-state index in [1.807, 2.05) is 0 Å². The average Bonchev–Trinajstić information content (AvgIpc) is 1.96. The van der Waals surface area contributed by atoms with Crippen LogP contribution in [0.25, 0.3) is 0 Å². The van der Waals surface area contributed by atoms with Crippen LogP contribution in [0.1, 0.15) is 13.8 Å². The van der Waals surface area contributed by atoms with E-state index in [1.165, 1.54) is 6.20 Å². The number of oxime groups is 1. The SMILES string of the molecule is CC(C)=C/N=C(\C=N\O)C(=O)O. The van der Waals surface area contributed by atoms with Gasteiger partial charge in [0.05, 0.1) is 6.21 Å². The first kappa shape index (κ1) is 10.3. The lowest BCUT2D eigenvalue weighted by Crippen LogP contribution is -2.13. The van der Waals surface area contributed by atoms with E-state index < -0.39 is 5.97 Å². The molecule has 0 amide bonds. The predicted molar refractivity (Wildman–Crippen MR) is 44.8 cm³/mol. The van der Waals surface area contributed by atoms with Crippen molar-refractivity contribution in [2.75, 3.05) is 0 Å². The van der Waals surface area contributed by atoms with E-state index in [0.29, 0.717) is 0 Å². The van der Waals surface area contributed by atoms with Crippen LogP contribution >= 0.6 is 0 Å². The zero-order chi connectivity index (χ0) is 9.56. The third-order valence-corrected chi connectivity index (χ3v) is 0.861. The second-order valence-corrected chi connectivity index (χ2v) is 2.27. The summed E-state index contributed by atoms with van der Waals surface area (Å²) >= 11 is 0. The first-order valence-electron chi connectivity index (χ1n) is 3.20. The van der Waals surface area contributed by atoms with E-state index >= 15 is 0 Å². The lowest BCUT2D eigenvalue weighted by Gasteiger charge is -1.89. The molecule has 0 radical (unpaired) electrons. The average molecular weight is 170 g/mol. The summed E-state index contributed by atoms with van der Waals surface area (Å²) in [5.41, 5.74) is 0.554. The minimum atomic E-state index is -1.23. The standard InChI is InChI=1S/C7H10N2O3/c1-5(2)3-8-6(4-9-12)7(10)11/h3-4,12H,1-2H3,(H,10,11)/b8-6+,9-4+. The summed E-state index contributed by atoms with van der Waals surface area (Å²) in [5, 5.41) is 19.1. The maximum Gasteiger partial charge on any atom is 0.356 e. The molecule has 0 spiro atoms. The molecule has 5 nitrogen and oxygen atoms in total. The van der Waals surface area contributed by atoms with E-state index in [9.17, 15) is 4.79 Å². The molecule has 0 heterocycles. The van der Waals surface area contributed by atoms with Crippen molar-refractivity contribution < 1.29 is 15.1 Å². The summed E-state index contributed by atoms with van der Waals surface area (Å²) in [6.45, 7) is 3.55. The Bertz CT molecular complexity index is 249. The fourth-order valence-corrected chi connectivity index (χ4v) is 0.397. The van der Waals surface area contributed by atoms with Gasteiger partial charge in [0.25, 0.3) is 0 Å². The van der Waals surface area contributed by atoms with Crippen molar-refractivity contribution >= 4 is 17.9 Å². The van der Waals surface area contributed by atoms with E-state index in [-0.39, 0.29) is 5.71 Å². The van der Waals surface area contributed by atoms with Crippen LogP contribution < -0.4 is 0 Å². The number of hydrogen-bond acceptors (Lipinski definition) is 4. The van der Waals surface area contributed by atoms with E-state index in [1.54, 1.807) is 13.8 Å². The van der Waals surface area contributed by atoms with Crippen molar-refractivity contribution in [1.29, 1.82) is 0 Å². The van der Waals surface area contributed by atoms with Crippen molar-refractivity contribution in [3.63, 3.8) is 0 Å². The third kappa shape index (κ3) is 4.21. The summed E-state index contributed by atoms with van der Waals surface area (Å²) < 4.78 is 0. The van der Waals surface area contributed by atoms with Gasteiger partial charge in [-0.2, -0.15) is 0 Å². The molecule has 0 bridgehead atoms. The number of carboxylic acid groups (broad SMARTS) is 1. The molecule has 0 aliphatic rings. The molecule has 0 aliphatic heterocycles. The molecule has 0 aromatic heterocycles. The van der Waals surface area contributed by atoms with Crippen LogP contribution in [-0.2, 0) is 4.79 Å². The van der Waals surface area contributed by atoms with Crippen LogP contribution in [0.2, 0.25) is 0 Å². The monoisotopic (exact) mass is 170 g/mol. The van der Waals surface area contributed by atoms with Gasteiger partial charge in [0, 0.05) is 6.20 Å². The Morgan fingerprint density at radius 2 is 2.00 bits per heavy atom. The maximum atomic E-state index is 10.3. The van der Waals surface area contributed by atoms with Gasteiger partial charge in [0.1, 0.15) is 0 Å². The largest absolute Gasteiger partial charge is 0.476 e. The molecule has 0 aromatic carbocycles. The minimum Gasteiger partial charge on any atom is -0.476 e. The third-order valence-electron chi connectivity index (χ3n) is 0.861. The zero-order valence-corrected chi connectivity index (χ0v) is 6.85. The van der Waals surface area contributed by atoms with Crippen LogP contribution in [0.15, 0.2) is 21.9 Å². The van der Waals surface area contributed by atoms with Gasteiger partial charge in [-0.25, -0.2) is 9.79 Å². The van der Waals surface area contributed by atoms with Crippen LogP contribution in [0, 0.1) is 0 Å². The normalized spacial score (nSPS) is 11.7. The van der Waals surface area contributed by atoms with E-state index in [4.69, 9.17) is 10.3 Å². The van der Waals surface area contributed by atoms with Crippen molar-refractivity contribution in [2.45, 2.75) is 13.8 Å². The van der Waals surface area contributed by atoms with Crippen LogP contribution in [0.4, 0.5) is 0 Å². The van der Waals surface area contributed by atoms with Crippen LogP contribution in [-0.4, -0.2) is 28.2 Å². The second-order valence-electron chi connectivity index (χ2n) is 2.27. The second kappa shape index (κ2) is 5.06. The Balaban J connectivity index is 4.62. The van der Waals surface area contributed by atoms with Gasteiger partial charge < -0.3 is 10.3 Å². The zero-order valence-electron chi connectivity index (χ0n) is 6.85. The smallest absolute Gasteiger partial charge is 0.356 e. The van der Waals surface area contributed by atoms with Crippen LogP contribution in [0.3, 0.4) is 0 Å². The lowest BCUT2D eigenvalue weighted by atomic mass is 10.4. The van der Waals surface area contributed by atoms with Crippen molar-refractivity contribution in [3.05, 3.63) is 11.8 Å². The number of aliphatic carboxylic acids is 1. The van der Waals surface area contributed by atoms with Gasteiger partial charge >= 0.3 is 5.97 Å².